The van der Waals surface area contributed by atoms with Crippen LogP contribution in [0, 0.1) is 0 Å². The van der Waals surface area contributed by atoms with Gasteiger partial charge in [-0.3, -0.25) is 9.69 Å². The van der Waals surface area contributed by atoms with E-state index in [1.807, 2.05) is 12.1 Å². The number of likely N-dealkylation sites (tertiary alicyclic amines) is 1. The molecule has 3 rings (SSSR count). The van der Waals surface area contributed by atoms with Gasteiger partial charge in [0.1, 0.15) is 12.8 Å². The number of benzene rings is 1. The van der Waals surface area contributed by atoms with Crippen LogP contribution in [0.15, 0.2) is 36.4 Å². The molecule has 2 N–H and O–H groups in total. The lowest BCUT2D eigenvalue weighted by atomic mass is 10.0. The third-order valence-corrected chi connectivity index (χ3v) is 7.31. The minimum atomic E-state index is -1.31. The molecule has 8 heteroatoms. The van der Waals surface area contributed by atoms with Gasteiger partial charge in [-0.15, -0.1) is 11.3 Å². The van der Waals surface area contributed by atoms with E-state index in [-0.39, 0.29) is 5.54 Å². The van der Waals surface area contributed by atoms with Crippen molar-refractivity contribution in [2.75, 3.05) is 13.2 Å². The van der Waals surface area contributed by atoms with Crippen molar-refractivity contribution < 1.29 is 14.3 Å². The highest BCUT2D eigenvalue weighted by atomic mass is 35.5. The molecule has 0 saturated carbocycles. The van der Waals surface area contributed by atoms with Crippen molar-refractivity contribution in [1.29, 1.82) is 0 Å². The van der Waals surface area contributed by atoms with E-state index in [1.54, 1.807) is 23.5 Å². The van der Waals surface area contributed by atoms with E-state index >= 15 is 0 Å². The molecule has 1 aliphatic heterocycles. The third kappa shape index (κ3) is 5.79. The summed E-state index contributed by atoms with van der Waals surface area (Å²) in [6.07, 6.45) is 1.18. The Bertz CT molecular complexity index is 882. The SMILES string of the molecule is CC(C)(C)N1CCCC1c1ccc(-c2ccc([C@@H](O)[C@@H](CF)NC(=O)C(Cl)Cl)cc2)s1. The maximum atomic E-state index is 13.4. The molecule has 3 atom stereocenters. The highest BCUT2D eigenvalue weighted by Crippen LogP contribution is 2.42. The lowest BCUT2D eigenvalue weighted by Gasteiger charge is -2.36. The zero-order valence-electron chi connectivity index (χ0n) is 17.9. The number of nitrogens with zero attached hydrogens (tertiary/aromatic N) is 1. The van der Waals surface area contributed by atoms with Gasteiger partial charge in [0.15, 0.2) is 4.84 Å². The van der Waals surface area contributed by atoms with Gasteiger partial charge in [0, 0.05) is 21.3 Å². The molecule has 0 aliphatic carbocycles. The van der Waals surface area contributed by atoms with E-state index in [1.165, 1.54) is 17.7 Å². The second-order valence-corrected chi connectivity index (χ2v) is 11.1. The number of halogens is 3. The van der Waals surface area contributed by atoms with Crippen LogP contribution in [0.25, 0.3) is 10.4 Å². The van der Waals surface area contributed by atoms with Gasteiger partial charge in [0.2, 0.25) is 0 Å². The van der Waals surface area contributed by atoms with E-state index in [0.717, 1.165) is 17.0 Å². The number of alkyl halides is 3. The monoisotopic (exact) mass is 486 g/mol. The van der Waals surface area contributed by atoms with Crippen LogP contribution in [0.2, 0.25) is 0 Å². The second-order valence-electron chi connectivity index (χ2n) is 8.86. The molecule has 4 nitrogen and oxygen atoms in total. The molecule has 1 aromatic carbocycles. The largest absolute Gasteiger partial charge is 0.386 e. The Balaban J connectivity index is 1.73. The van der Waals surface area contributed by atoms with Crippen LogP contribution in [0.4, 0.5) is 4.39 Å². The molecule has 170 valence electrons. The summed E-state index contributed by atoms with van der Waals surface area (Å²) in [5.74, 6) is -0.732. The number of nitrogens with one attached hydrogen (secondary N) is 1. The maximum absolute atomic E-state index is 13.4. The standard InChI is InChI=1S/C23H29Cl2FN2O2S/c1-23(2,3)28-12-4-5-17(28)19-11-10-18(31-19)14-6-8-15(9-7-14)20(29)16(13-26)27-22(30)21(24)25/h6-11,16-17,20-21,29H,4-5,12-13H2,1-3H3,(H,27,30)/t16-,17?,20-/m1/s1. The number of rotatable bonds is 7. The fourth-order valence-electron chi connectivity index (χ4n) is 4.08. The van der Waals surface area contributed by atoms with E-state index in [4.69, 9.17) is 23.2 Å². The van der Waals surface area contributed by atoms with Gasteiger partial charge in [-0.1, -0.05) is 47.5 Å². The number of hydrogen-bond donors (Lipinski definition) is 2. The van der Waals surface area contributed by atoms with E-state index in [2.05, 4.69) is 43.1 Å². The molecule has 0 radical (unpaired) electrons. The first kappa shape index (κ1) is 24.5. The maximum Gasteiger partial charge on any atom is 0.253 e. The highest BCUT2D eigenvalue weighted by Gasteiger charge is 2.34. The predicted molar refractivity (Wildman–Crippen MR) is 127 cm³/mol. The summed E-state index contributed by atoms with van der Waals surface area (Å²) in [4.78, 5) is 15.4. The average Bonchev–Trinajstić information content (AvgIpc) is 3.40. The van der Waals surface area contributed by atoms with E-state index in [9.17, 15) is 14.3 Å². The molecule has 2 heterocycles. The number of carbonyl (C=O) groups excluding carboxylic acids is 1. The molecule has 1 aromatic heterocycles. The number of carbonyl (C=O) groups is 1. The predicted octanol–water partition coefficient (Wildman–Crippen LogP) is 5.64. The van der Waals surface area contributed by atoms with Crippen LogP contribution in [0.5, 0.6) is 0 Å². The Morgan fingerprint density at radius 2 is 1.94 bits per heavy atom. The summed E-state index contributed by atoms with van der Waals surface area (Å²) in [7, 11) is 0. The van der Waals surface area contributed by atoms with Gasteiger partial charge >= 0.3 is 0 Å². The van der Waals surface area contributed by atoms with Gasteiger partial charge in [-0.2, -0.15) is 0 Å². The van der Waals surface area contributed by atoms with Crippen molar-refractivity contribution in [1.82, 2.24) is 10.2 Å². The number of thiophene rings is 1. The zero-order valence-corrected chi connectivity index (χ0v) is 20.3. The van der Waals surface area contributed by atoms with Gasteiger partial charge in [0.25, 0.3) is 5.91 Å². The van der Waals surface area contributed by atoms with Crippen LogP contribution >= 0.6 is 34.5 Å². The first-order chi connectivity index (χ1) is 14.6. The number of aliphatic hydroxyl groups is 1. The lowest BCUT2D eigenvalue weighted by molar-refractivity contribution is -0.121. The van der Waals surface area contributed by atoms with E-state index < -0.39 is 29.6 Å². The summed E-state index contributed by atoms with van der Waals surface area (Å²) >= 11 is 12.8. The Morgan fingerprint density at radius 1 is 1.26 bits per heavy atom. The van der Waals surface area contributed by atoms with Crippen molar-refractivity contribution in [2.45, 2.75) is 62.2 Å². The molecular weight excluding hydrogens is 458 g/mol. The molecule has 0 spiro atoms. The minimum absolute atomic E-state index is 0.137. The van der Waals surface area contributed by atoms with Crippen molar-refractivity contribution in [2.24, 2.45) is 0 Å². The average molecular weight is 487 g/mol. The van der Waals surface area contributed by atoms with Crippen LogP contribution in [0.3, 0.4) is 0 Å². The normalized spacial score (nSPS) is 19.5. The van der Waals surface area contributed by atoms with Crippen molar-refractivity contribution in [3.05, 3.63) is 46.8 Å². The second kappa shape index (κ2) is 10.2. The minimum Gasteiger partial charge on any atom is -0.386 e. The number of aliphatic hydroxyl groups excluding tert-OH is 1. The molecule has 31 heavy (non-hydrogen) atoms. The summed E-state index contributed by atoms with van der Waals surface area (Å²) in [5, 5.41) is 12.8. The quantitative estimate of drug-likeness (QED) is 0.497. The molecular formula is C23H29Cl2FN2O2S. The highest BCUT2D eigenvalue weighted by molar-refractivity contribution is 7.15. The zero-order chi connectivity index (χ0) is 22.8. The molecule has 1 amide bonds. The van der Waals surface area contributed by atoms with Crippen LogP contribution in [-0.4, -0.2) is 45.6 Å². The number of hydrogen-bond acceptors (Lipinski definition) is 4. The Hall–Kier alpha value is -1.18. The van der Waals surface area contributed by atoms with Crippen molar-refractivity contribution in [3.8, 4) is 10.4 Å². The van der Waals surface area contributed by atoms with Crippen molar-refractivity contribution in [3.63, 3.8) is 0 Å². The van der Waals surface area contributed by atoms with Gasteiger partial charge in [-0.25, -0.2) is 4.39 Å². The van der Waals surface area contributed by atoms with Gasteiger partial charge in [-0.05, 0) is 63.4 Å². The molecule has 1 aliphatic rings. The lowest BCUT2D eigenvalue weighted by Crippen LogP contribution is -2.43. The topological polar surface area (TPSA) is 52.6 Å². The van der Waals surface area contributed by atoms with Crippen LogP contribution < -0.4 is 5.32 Å². The van der Waals surface area contributed by atoms with E-state index in [0.29, 0.717) is 11.6 Å². The fourth-order valence-corrected chi connectivity index (χ4v) is 5.36. The van der Waals surface area contributed by atoms with Crippen molar-refractivity contribution >= 4 is 40.4 Å². The molecule has 0 bridgehead atoms. The first-order valence-corrected chi connectivity index (χ1v) is 12.1. The molecule has 1 fully saturated rings. The summed E-state index contributed by atoms with van der Waals surface area (Å²) in [5.41, 5.74) is 1.69. The molecule has 1 saturated heterocycles. The smallest absolute Gasteiger partial charge is 0.253 e. The van der Waals surface area contributed by atoms with Crippen LogP contribution in [0.1, 0.15) is 56.2 Å². The Morgan fingerprint density at radius 3 is 2.52 bits per heavy atom. The summed E-state index contributed by atoms with van der Waals surface area (Å²) < 4.78 is 13.4. The molecule has 2 aromatic rings. The Kier molecular flexibility index (Phi) is 8.03. The number of amides is 1. The summed E-state index contributed by atoms with van der Waals surface area (Å²) in [6, 6.07) is 11.0. The fraction of sp³-hybridized carbons (Fsp3) is 0.522. The first-order valence-electron chi connectivity index (χ1n) is 10.4. The van der Waals surface area contributed by atoms with Gasteiger partial charge < -0.3 is 10.4 Å². The Labute approximate surface area is 197 Å². The molecule has 1 unspecified atom stereocenters. The summed E-state index contributed by atoms with van der Waals surface area (Å²) in [6.45, 7) is 6.97. The van der Waals surface area contributed by atoms with Gasteiger partial charge in [0.05, 0.1) is 6.04 Å². The third-order valence-electron chi connectivity index (χ3n) is 5.68. The van der Waals surface area contributed by atoms with Crippen LogP contribution in [-0.2, 0) is 4.79 Å².